The van der Waals surface area contributed by atoms with Gasteiger partial charge in [-0.05, 0) is 43.3 Å². The van der Waals surface area contributed by atoms with E-state index in [0.29, 0.717) is 5.44 Å². The van der Waals surface area contributed by atoms with Crippen LogP contribution in [0.1, 0.15) is 24.0 Å². The van der Waals surface area contributed by atoms with E-state index in [4.69, 9.17) is 4.98 Å². The third-order valence-electron chi connectivity index (χ3n) is 6.16. The number of hydrogen-bond donors (Lipinski definition) is 0. The fraction of sp³-hybridized carbons (Fsp3) is 0.0690. The molecule has 0 aliphatic carbocycles. The molecule has 34 heavy (non-hydrogen) atoms. The Labute approximate surface area is 199 Å². The molecule has 0 atom stereocenters. The maximum Gasteiger partial charge on any atom is 0.188 e. The number of aromatic nitrogens is 3. The quantitative estimate of drug-likeness (QED) is 0.339. The Bertz CT molecular complexity index is 1340. The van der Waals surface area contributed by atoms with Gasteiger partial charge in [0, 0.05) is 23.0 Å². The Morgan fingerprint density at radius 1 is 0.559 bits per heavy atom. The normalized spacial score (nSPS) is 11.8. The number of benzene rings is 2. The molecular weight excluding hydrogens is 437 g/mol. The van der Waals surface area contributed by atoms with E-state index < -0.39 is 12.6 Å². The minimum atomic E-state index is -3.21. The fourth-order valence-corrected chi connectivity index (χ4v) is 6.83. The third kappa shape index (κ3) is 3.76. The van der Waals surface area contributed by atoms with Gasteiger partial charge in [0.1, 0.15) is 5.44 Å². The molecular formula is C29H24N3OP. The van der Waals surface area contributed by atoms with Crippen molar-refractivity contribution < 1.29 is 4.57 Å². The Morgan fingerprint density at radius 3 is 1.50 bits per heavy atom. The smallest absolute Gasteiger partial charge is 0.188 e. The number of pyridine rings is 3. The minimum absolute atomic E-state index is 0.542. The molecule has 166 valence electrons. The van der Waals surface area contributed by atoms with Gasteiger partial charge in [-0.2, -0.15) is 0 Å². The summed E-state index contributed by atoms with van der Waals surface area (Å²) >= 11 is 0. The average Bonchev–Trinajstić information content (AvgIpc) is 2.94. The van der Waals surface area contributed by atoms with Crippen molar-refractivity contribution >= 4 is 23.2 Å². The van der Waals surface area contributed by atoms with Crippen molar-refractivity contribution in [2.45, 2.75) is 12.3 Å². The monoisotopic (exact) mass is 461 g/mol. The van der Waals surface area contributed by atoms with Crippen LogP contribution in [0.5, 0.6) is 0 Å². The fourth-order valence-electron chi connectivity index (χ4n) is 4.28. The second kappa shape index (κ2) is 9.17. The van der Waals surface area contributed by atoms with Crippen molar-refractivity contribution in [3.05, 3.63) is 145 Å². The van der Waals surface area contributed by atoms with E-state index in [0.717, 1.165) is 27.7 Å². The molecule has 0 fully saturated rings. The summed E-state index contributed by atoms with van der Waals surface area (Å²) < 4.78 is 14.9. The van der Waals surface area contributed by atoms with Crippen LogP contribution >= 0.6 is 7.14 Å². The van der Waals surface area contributed by atoms with E-state index in [-0.39, 0.29) is 0 Å². The van der Waals surface area contributed by atoms with Crippen LogP contribution in [0.25, 0.3) is 0 Å². The van der Waals surface area contributed by atoms with Crippen LogP contribution in [0.2, 0.25) is 0 Å². The van der Waals surface area contributed by atoms with Crippen LogP contribution < -0.4 is 16.0 Å². The van der Waals surface area contributed by atoms with E-state index >= 15 is 0 Å². The number of nitrogens with zero attached hydrogens (tertiary/aromatic N) is 3. The second-order valence-corrected chi connectivity index (χ2v) is 10.9. The third-order valence-corrected chi connectivity index (χ3v) is 9.11. The maximum atomic E-state index is 14.9. The van der Waals surface area contributed by atoms with Gasteiger partial charge in [0.05, 0.1) is 22.5 Å². The predicted octanol–water partition coefficient (Wildman–Crippen LogP) is 4.87. The summed E-state index contributed by atoms with van der Waals surface area (Å²) in [6.45, 7) is 2.07. The summed E-state index contributed by atoms with van der Waals surface area (Å²) in [4.78, 5) is 14.4. The number of rotatable bonds is 6. The predicted molar refractivity (Wildman–Crippen MR) is 138 cm³/mol. The zero-order chi connectivity index (χ0) is 23.4. The van der Waals surface area contributed by atoms with E-state index in [1.54, 1.807) is 12.4 Å². The zero-order valence-corrected chi connectivity index (χ0v) is 19.7. The summed E-state index contributed by atoms with van der Waals surface area (Å²) in [5.41, 5.74) is 2.21. The highest BCUT2D eigenvalue weighted by Crippen LogP contribution is 2.43. The van der Waals surface area contributed by atoms with Gasteiger partial charge in [0.15, 0.2) is 7.14 Å². The van der Waals surface area contributed by atoms with Crippen LogP contribution in [-0.4, -0.2) is 15.0 Å². The molecule has 0 spiro atoms. The lowest BCUT2D eigenvalue weighted by Crippen LogP contribution is -2.33. The molecule has 0 aliphatic rings. The van der Waals surface area contributed by atoms with Gasteiger partial charge in [0.2, 0.25) is 0 Å². The summed E-state index contributed by atoms with van der Waals surface area (Å²) in [6, 6.07) is 36.6. The van der Waals surface area contributed by atoms with Crippen molar-refractivity contribution in [3.8, 4) is 0 Å². The lowest BCUT2D eigenvalue weighted by molar-refractivity contribution is 0.590. The number of hydrogen-bond acceptors (Lipinski definition) is 4. The molecule has 0 N–H and O–H groups in total. The molecule has 0 unspecified atom stereocenters. The zero-order valence-electron chi connectivity index (χ0n) is 18.8. The lowest BCUT2D eigenvalue weighted by atomic mass is 9.79. The first-order chi connectivity index (χ1) is 16.6. The minimum Gasteiger partial charge on any atom is -0.307 e. The Kier molecular flexibility index (Phi) is 5.91. The Balaban J connectivity index is 1.75. The maximum absolute atomic E-state index is 14.9. The highest BCUT2D eigenvalue weighted by atomic mass is 31.2. The van der Waals surface area contributed by atoms with E-state index in [2.05, 4.69) is 16.9 Å². The van der Waals surface area contributed by atoms with E-state index in [9.17, 15) is 4.57 Å². The molecule has 0 amide bonds. The molecule has 0 radical (unpaired) electrons. The first kappa shape index (κ1) is 21.9. The second-order valence-electron chi connectivity index (χ2n) is 8.22. The van der Waals surface area contributed by atoms with Gasteiger partial charge in [-0.1, -0.05) is 78.9 Å². The van der Waals surface area contributed by atoms with Gasteiger partial charge in [0.25, 0.3) is 0 Å². The molecule has 0 saturated carbocycles. The van der Waals surface area contributed by atoms with Crippen LogP contribution in [0.15, 0.2) is 128 Å². The van der Waals surface area contributed by atoms with Gasteiger partial charge in [-0.3, -0.25) is 9.97 Å². The van der Waals surface area contributed by atoms with Crippen molar-refractivity contribution in [3.63, 3.8) is 0 Å². The Morgan fingerprint density at radius 2 is 1.03 bits per heavy atom. The van der Waals surface area contributed by atoms with Crippen molar-refractivity contribution in [2.24, 2.45) is 0 Å². The SMILES string of the molecule is CC(c1ccccn1)(c1ccccn1)c1cccc(P(=O)(c2ccccc2)c2ccccc2)n1. The molecule has 0 aliphatic heterocycles. The largest absolute Gasteiger partial charge is 0.307 e. The molecule has 5 aromatic rings. The molecule has 0 bridgehead atoms. The average molecular weight is 462 g/mol. The molecule has 5 rings (SSSR count). The molecule has 4 nitrogen and oxygen atoms in total. The van der Waals surface area contributed by atoms with Crippen LogP contribution in [0, 0.1) is 0 Å². The summed E-state index contributed by atoms with van der Waals surface area (Å²) in [5, 5.41) is 1.51. The molecule has 0 saturated heterocycles. The van der Waals surface area contributed by atoms with Crippen molar-refractivity contribution in [1.82, 2.24) is 15.0 Å². The van der Waals surface area contributed by atoms with Gasteiger partial charge < -0.3 is 4.57 Å². The van der Waals surface area contributed by atoms with Crippen LogP contribution in [-0.2, 0) is 9.98 Å². The van der Waals surface area contributed by atoms with Crippen LogP contribution in [0.4, 0.5) is 0 Å². The lowest BCUT2D eigenvalue weighted by Gasteiger charge is -2.29. The summed E-state index contributed by atoms with van der Waals surface area (Å²) in [6.07, 6.45) is 3.55. The van der Waals surface area contributed by atoms with Gasteiger partial charge >= 0.3 is 0 Å². The van der Waals surface area contributed by atoms with Crippen molar-refractivity contribution in [2.75, 3.05) is 0 Å². The first-order valence-corrected chi connectivity index (χ1v) is 12.9. The Hall–Kier alpha value is -3.88. The molecule has 2 aromatic carbocycles. The van der Waals surface area contributed by atoms with Crippen LogP contribution in [0.3, 0.4) is 0 Å². The highest BCUT2D eigenvalue weighted by Gasteiger charge is 2.38. The summed E-state index contributed by atoms with van der Waals surface area (Å²) in [7, 11) is -3.21. The molecule has 5 heteroatoms. The molecule has 3 aromatic heterocycles. The standard InChI is InChI=1S/C29H24N3OP/c1-29(25-17-8-10-21-30-25,26-18-9-11-22-31-26)27-19-12-20-28(32-27)34(33,23-13-4-2-5-14-23)24-15-6-3-7-16-24/h2-22H,1H3. The van der Waals surface area contributed by atoms with Crippen molar-refractivity contribution in [1.29, 1.82) is 0 Å². The van der Waals surface area contributed by atoms with Gasteiger partial charge in [-0.15, -0.1) is 0 Å². The first-order valence-electron chi connectivity index (χ1n) is 11.2. The highest BCUT2D eigenvalue weighted by molar-refractivity contribution is 7.85. The molecule has 3 heterocycles. The van der Waals surface area contributed by atoms with E-state index in [1.165, 1.54) is 0 Å². The van der Waals surface area contributed by atoms with E-state index in [1.807, 2.05) is 115 Å². The summed E-state index contributed by atoms with van der Waals surface area (Å²) in [5.74, 6) is 0. The van der Waals surface area contributed by atoms with Gasteiger partial charge in [-0.25, -0.2) is 4.98 Å². The topological polar surface area (TPSA) is 55.7 Å².